The van der Waals surface area contributed by atoms with Crippen molar-refractivity contribution in [1.29, 1.82) is 0 Å². The van der Waals surface area contributed by atoms with Crippen molar-refractivity contribution in [1.82, 2.24) is 0 Å². The van der Waals surface area contributed by atoms with Gasteiger partial charge < -0.3 is 11.1 Å². The normalized spacial score (nSPS) is 11.5. The average Bonchev–Trinajstić information content (AvgIpc) is 2.35. The van der Waals surface area contributed by atoms with Crippen LogP contribution < -0.4 is 11.1 Å². The minimum Gasteiger partial charge on any atom is -0.326 e. The zero-order chi connectivity index (χ0) is 13.9. The van der Waals surface area contributed by atoms with E-state index in [1.54, 1.807) is 0 Å². The molecule has 3 N–H and O–H groups in total. The number of carbonyl (C=O) groups is 1. The van der Waals surface area contributed by atoms with Crippen LogP contribution >= 0.6 is 0 Å². The Morgan fingerprint density at radius 1 is 1.16 bits per heavy atom. The Morgan fingerprint density at radius 3 is 2.53 bits per heavy atom. The highest BCUT2D eigenvalue weighted by atomic mass is 16.1. The largest absolute Gasteiger partial charge is 0.326 e. The van der Waals surface area contributed by atoms with Crippen LogP contribution in [0.15, 0.2) is 42.5 Å². The Labute approximate surface area is 113 Å². The van der Waals surface area contributed by atoms with Gasteiger partial charge in [0.2, 0.25) is 5.91 Å². The van der Waals surface area contributed by atoms with Gasteiger partial charge in [-0.1, -0.05) is 30.3 Å². The maximum atomic E-state index is 11.8. The molecule has 0 unspecified atom stereocenters. The molecular weight excluding hydrogens is 236 g/mol. The third-order valence-electron chi connectivity index (χ3n) is 3.03. The molecule has 0 atom stereocenters. The van der Waals surface area contributed by atoms with Crippen molar-refractivity contribution in [3.05, 3.63) is 42.5 Å². The lowest BCUT2D eigenvalue weighted by Crippen LogP contribution is -2.33. The Bertz CT molecular complexity index is 585. The Hall–Kier alpha value is -1.87. The third kappa shape index (κ3) is 4.07. The molecule has 0 aromatic heterocycles. The molecule has 0 saturated carbocycles. The lowest BCUT2D eigenvalue weighted by molar-refractivity contribution is -0.116. The summed E-state index contributed by atoms with van der Waals surface area (Å²) in [4.78, 5) is 11.8. The van der Waals surface area contributed by atoms with Gasteiger partial charge in [-0.15, -0.1) is 0 Å². The number of carbonyl (C=O) groups excluding carboxylic acids is 1. The van der Waals surface area contributed by atoms with Crippen molar-refractivity contribution in [2.75, 3.05) is 5.32 Å². The molecule has 2 aromatic carbocycles. The number of anilines is 1. The number of amides is 1. The molecule has 3 heteroatoms. The Morgan fingerprint density at radius 2 is 1.84 bits per heavy atom. The molecule has 0 bridgehead atoms. The molecule has 3 nitrogen and oxygen atoms in total. The minimum atomic E-state index is -0.305. The summed E-state index contributed by atoms with van der Waals surface area (Å²) >= 11 is 0. The fourth-order valence-corrected chi connectivity index (χ4v) is 1.93. The quantitative estimate of drug-likeness (QED) is 0.882. The zero-order valence-electron chi connectivity index (χ0n) is 11.4. The molecule has 0 aliphatic heterocycles. The van der Waals surface area contributed by atoms with E-state index in [9.17, 15) is 4.79 Å². The smallest absolute Gasteiger partial charge is 0.224 e. The van der Waals surface area contributed by atoms with Gasteiger partial charge in [0.05, 0.1) is 0 Å². The molecule has 0 heterocycles. The van der Waals surface area contributed by atoms with Gasteiger partial charge in [-0.25, -0.2) is 0 Å². The topological polar surface area (TPSA) is 55.1 Å². The maximum Gasteiger partial charge on any atom is 0.224 e. The van der Waals surface area contributed by atoms with Gasteiger partial charge in [-0.05, 0) is 43.2 Å². The van der Waals surface area contributed by atoms with Gasteiger partial charge in [0.1, 0.15) is 0 Å². The van der Waals surface area contributed by atoms with Gasteiger partial charge in [0, 0.05) is 17.6 Å². The molecule has 0 aliphatic carbocycles. The Balaban J connectivity index is 2.03. The Kier molecular flexibility index (Phi) is 3.86. The molecule has 0 fully saturated rings. The number of hydrogen-bond donors (Lipinski definition) is 2. The van der Waals surface area contributed by atoms with Crippen molar-refractivity contribution >= 4 is 22.4 Å². The van der Waals surface area contributed by atoms with Crippen molar-refractivity contribution in [2.24, 2.45) is 5.73 Å². The van der Waals surface area contributed by atoms with Crippen LogP contribution in [0.5, 0.6) is 0 Å². The van der Waals surface area contributed by atoms with Crippen molar-refractivity contribution in [3.63, 3.8) is 0 Å². The van der Waals surface area contributed by atoms with Crippen LogP contribution in [0.25, 0.3) is 10.8 Å². The number of hydrogen-bond acceptors (Lipinski definition) is 2. The molecular formula is C16H20N2O. The molecule has 2 rings (SSSR count). The van der Waals surface area contributed by atoms with Crippen LogP contribution in [0, 0.1) is 0 Å². The van der Waals surface area contributed by atoms with Crippen molar-refractivity contribution in [3.8, 4) is 0 Å². The monoisotopic (exact) mass is 256 g/mol. The number of nitrogens with two attached hydrogens (primary N) is 1. The first kappa shape index (κ1) is 13.6. The number of benzene rings is 2. The fourth-order valence-electron chi connectivity index (χ4n) is 1.93. The summed E-state index contributed by atoms with van der Waals surface area (Å²) in [6, 6.07) is 14.0. The van der Waals surface area contributed by atoms with Gasteiger partial charge in [0.25, 0.3) is 0 Å². The molecule has 0 spiro atoms. The molecule has 19 heavy (non-hydrogen) atoms. The minimum absolute atomic E-state index is 0.00815. The van der Waals surface area contributed by atoms with Crippen LogP contribution in [-0.4, -0.2) is 11.4 Å². The standard InChI is InChI=1S/C16H20N2O/c1-16(2,17)10-9-15(19)18-14-8-7-12-5-3-4-6-13(12)11-14/h3-8,11H,9-10,17H2,1-2H3,(H,18,19). The van der Waals surface area contributed by atoms with Crippen LogP contribution in [-0.2, 0) is 4.79 Å². The summed E-state index contributed by atoms with van der Waals surface area (Å²) in [5, 5.41) is 5.21. The lowest BCUT2D eigenvalue weighted by atomic mass is 10.00. The second-order valence-electron chi connectivity index (χ2n) is 5.60. The first-order chi connectivity index (χ1) is 8.94. The van der Waals surface area contributed by atoms with E-state index in [2.05, 4.69) is 11.4 Å². The fraction of sp³-hybridized carbons (Fsp3) is 0.312. The van der Waals surface area contributed by atoms with E-state index >= 15 is 0 Å². The summed E-state index contributed by atoms with van der Waals surface area (Å²) < 4.78 is 0. The summed E-state index contributed by atoms with van der Waals surface area (Å²) in [5.41, 5.74) is 6.40. The predicted molar refractivity (Wildman–Crippen MR) is 80.1 cm³/mol. The second kappa shape index (κ2) is 5.41. The highest BCUT2D eigenvalue weighted by Crippen LogP contribution is 2.19. The van der Waals surface area contributed by atoms with Crippen LogP contribution in [0.4, 0.5) is 5.69 Å². The van der Waals surface area contributed by atoms with E-state index in [1.165, 1.54) is 5.39 Å². The van der Waals surface area contributed by atoms with E-state index in [-0.39, 0.29) is 11.4 Å². The highest BCUT2D eigenvalue weighted by Gasteiger charge is 2.13. The van der Waals surface area contributed by atoms with E-state index in [0.717, 1.165) is 11.1 Å². The second-order valence-corrected chi connectivity index (χ2v) is 5.60. The third-order valence-corrected chi connectivity index (χ3v) is 3.03. The van der Waals surface area contributed by atoms with Gasteiger partial charge in [-0.3, -0.25) is 4.79 Å². The van der Waals surface area contributed by atoms with Crippen LogP contribution in [0.2, 0.25) is 0 Å². The average molecular weight is 256 g/mol. The van der Waals surface area contributed by atoms with E-state index in [4.69, 9.17) is 5.73 Å². The first-order valence-corrected chi connectivity index (χ1v) is 6.52. The van der Waals surface area contributed by atoms with Gasteiger partial charge in [0.15, 0.2) is 0 Å². The van der Waals surface area contributed by atoms with E-state index in [1.807, 2.05) is 50.2 Å². The summed E-state index contributed by atoms with van der Waals surface area (Å²) in [6.07, 6.45) is 1.11. The number of rotatable bonds is 4. The van der Waals surface area contributed by atoms with Gasteiger partial charge >= 0.3 is 0 Å². The van der Waals surface area contributed by atoms with Gasteiger partial charge in [-0.2, -0.15) is 0 Å². The first-order valence-electron chi connectivity index (χ1n) is 6.52. The number of nitrogens with one attached hydrogen (secondary N) is 1. The van der Waals surface area contributed by atoms with Crippen LogP contribution in [0.1, 0.15) is 26.7 Å². The predicted octanol–water partition coefficient (Wildman–Crippen LogP) is 3.30. The zero-order valence-corrected chi connectivity index (χ0v) is 11.4. The summed E-state index contributed by atoms with van der Waals surface area (Å²) in [6.45, 7) is 3.85. The number of fused-ring (bicyclic) bond motifs is 1. The van der Waals surface area contributed by atoms with E-state index < -0.39 is 0 Å². The van der Waals surface area contributed by atoms with Crippen molar-refractivity contribution in [2.45, 2.75) is 32.2 Å². The molecule has 0 saturated heterocycles. The summed E-state index contributed by atoms with van der Waals surface area (Å²) in [5.74, 6) is 0.00815. The maximum absolute atomic E-state index is 11.8. The molecule has 100 valence electrons. The van der Waals surface area contributed by atoms with Crippen LogP contribution in [0.3, 0.4) is 0 Å². The molecule has 0 aliphatic rings. The molecule has 1 amide bonds. The highest BCUT2D eigenvalue weighted by molar-refractivity contribution is 5.94. The lowest BCUT2D eigenvalue weighted by Gasteiger charge is -2.17. The molecule has 0 radical (unpaired) electrons. The summed E-state index contributed by atoms with van der Waals surface area (Å²) in [7, 11) is 0. The molecule has 2 aromatic rings. The SMILES string of the molecule is CC(C)(N)CCC(=O)Nc1ccc2ccccc2c1. The van der Waals surface area contributed by atoms with Crippen molar-refractivity contribution < 1.29 is 4.79 Å². The van der Waals surface area contributed by atoms with E-state index in [0.29, 0.717) is 12.8 Å².